The minimum absolute atomic E-state index is 0.0877. The average Bonchev–Trinajstić information content (AvgIpc) is 3.18. The Morgan fingerprint density at radius 3 is 1.79 bits per heavy atom. The van der Waals surface area contributed by atoms with Gasteiger partial charge in [-0.25, -0.2) is 0 Å². The van der Waals surface area contributed by atoms with Crippen LogP contribution in [0.2, 0.25) is 0 Å². The van der Waals surface area contributed by atoms with Crippen LogP contribution in [-0.4, -0.2) is 37.4 Å². The number of rotatable bonds is 6. The fourth-order valence-electron chi connectivity index (χ4n) is 2.44. The average molecular weight is 266 g/mol. The Kier molecular flexibility index (Phi) is 4.37. The number of carbonyl (C=O) groups excluding carboxylic acids is 2. The lowest BCUT2D eigenvalue weighted by atomic mass is 9.79. The molecule has 1 heterocycles. The van der Waals surface area contributed by atoms with Crippen molar-refractivity contribution in [3.05, 3.63) is 25.3 Å². The molecule has 5 heteroatoms. The van der Waals surface area contributed by atoms with Crippen molar-refractivity contribution < 1.29 is 23.8 Å². The van der Waals surface area contributed by atoms with Gasteiger partial charge in [0.2, 0.25) is 0 Å². The second-order valence-corrected chi connectivity index (χ2v) is 4.73. The van der Waals surface area contributed by atoms with Crippen LogP contribution in [-0.2, 0) is 23.8 Å². The lowest BCUT2D eigenvalue weighted by Crippen LogP contribution is -2.37. The summed E-state index contributed by atoms with van der Waals surface area (Å²) in [5.41, 5.74) is 0. The first-order valence-corrected chi connectivity index (χ1v) is 6.38. The fraction of sp³-hybridized carbons (Fsp3) is 0.571. The first-order chi connectivity index (χ1) is 9.17. The summed E-state index contributed by atoms with van der Waals surface area (Å²) < 4.78 is 15.5. The minimum atomic E-state index is -0.485. The molecular weight excluding hydrogens is 248 g/mol. The monoisotopic (exact) mass is 266 g/mol. The molecule has 2 fully saturated rings. The van der Waals surface area contributed by atoms with Crippen LogP contribution in [0.5, 0.6) is 0 Å². The number of hydrogen-bond donors (Lipinski definition) is 0. The first kappa shape index (κ1) is 13.8. The molecule has 104 valence electrons. The molecule has 0 amide bonds. The highest BCUT2D eigenvalue weighted by Gasteiger charge is 2.53. The third-order valence-corrected chi connectivity index (χ3v) is 3.44. The summed E-state index contributed by atoms with van der Waals surface area (Å²) in [7, 11) is 0. The van der Waals surface area contributed by atoms with Crippen molar-refractivity contribution in [2.75, 3.05) is 13.2 Å². The molecule has 0 radical (unpaired) electrons. The van der Waals surface area contributed by atoms with Gasteiger partial charge in [-0.05, 0) is 12.8 Å². The van der Waals surface area contributed by atoms with Crippen molar-refractivity contribution in [1.82, 2.24) is 0 Å². The molecule has 1 saturated carbocycles. The molecule has 5 nitrogen and oxygen atoms in total. The van der Waals surface area contributed by atoms with E-state index in [0.717, 1.165) is 0 Å². The Balaban J connectivity index is 1.99. The van der Waals surface area contributed by atoms with Crippen molar-refractivity contribution in [2.45, 2.75) is 25.0 Å². The Hall–Kier alpha value is -1.62. The van der Waals surface area contributed by atoms with Gasteiger partial charge < -0.3 is 14.2 Å². The molecule has 1 aliphatic heterocycles. The molecule has 0 aromatic heterocycles. The number of epoxide rings is 1. The molecule has 1 saturated heterocycles. The van der Waals surface area contributed by atoms with Crippen LogP contribution in [0.15, 0.2) is 25.3 Å². The van der Waals surface area contributed by atoms with Crippen molar-refractivity contribution in [1.29, 1.82) is 0 Å². The van der Waals surface area contributed by atoms with Crippen molar-refractivity contribution in [2.24, 2.45) is 11.8 Å². The molecule has 4 atom stereocenters. The maximum Gasteiger partial charge on any atom is 0.310 e. The molecule has 0 unspecified atom stereocenters. The van der Waals surface area contributed by atoms with E-state index in [-0.39, 0.29) is 37.4 Å². The third-order valence-electron chi connectivity index (χ3n) is 3.44. The summed E-state index contributed by atoms with van der Waals surface area (Å²) >= 11 is 0. The summed E-state index contributed by atoms with van der Waals surface area (Å²) in [6.07, 6.45) is 4.22. The summed E-state index contributed by atoms with van der Waals surface area (Å²) in [5, 5.41) is 0. The van der Waals surface area contributed by atoms with E-state index in [0.29, 0.717) is 12.8 Å². The van der Waals surface area contributed by atoms with E-state index in [1.54, 1.807) is 0 Å². The van der Waals surface area contributed by atoms with Gasteiger partial charge in [0.1, 0.15) is 13.2 Å². The molecule has 0 N–H and O–H groups in total. The predicted molar refractivity (Wildman–Crippen MR) is 67.2 cm³/mol. The molecule has 2 aliphatic rings. The molecule has 19 heavy (non-hydrogen) atoms. The van der Waals surface area contributed by atoms with Crippen LogP contribution in [0.25, 0.3) is 0 Å². The largest absolute Gasteiger partial charge is 0.461 e. The molecular formula is C14H18O5. The molecule has 0 spiro atoms. The minimum Gasteiger partial charge on any atom is -0.461 e. The van der Waals surface area contributed by atoms with Gasteiger partial charge in [0.25, 0.3) is 0 Å². The highest BCUT2D eigenvalue weighted by atomic mass is 16.6. The predicted octanol–water partition coefficient (Wildman–Crippen LogP) is 1.24. The normalized spacial score (nSPS) is 31.8. The van der Waals surface area contributed by atoms with Crippen LogP contribution in [0.1, 0.15) is 12.8 Å². The SMILES string of the molecule is C=CCOC(=O)[C@H]1C[C@@H]2O[C@@H]2C[C@H]1C(=O)OCC=C. The van der Waals surface area contributed by atoms with E-state index < -0.39 is 11.8 Å². The van der Waals surface area contributed by atoms with Gasteiger partial charge in [0, 0.05) is 0 Å². The van der Waals surface area contributed by atoms with Crippen molar-refractivity contribution in [3.63, 3.8) is 0 Å². The highest BCUT2D eigenvalue weighted by molar-refractivity contribution is 5.82. The van der Waals surface area contributed by atoms with E-state index >= 15 is 0 Å². The van der Waals surface area contributed by atoms with Gasteiger partial charge in [0.15, 0.2) is 0 Å². The number of hydrogen-bond acceptors (Lipinski definition) is 5. The van der Waals surface area contributed by atoms with Crippen molar-refractivity contribution in [3.8, 4) is 0 Å². The van der Waals surface area contributed by atoms with E-state index in [2.05, 4.69) is 13.2 Å². The van der Waals surface area contributed by atoms with E-state index in [1.165, 1.54) is 12.2 Å². The van der Waals surface area contributed by atoms with Crippen molar-refractivity contribution >= 4 is 11.9 Å². The summed E-state index contributed by atoms with van der Waals surface area (Å²) in [4.78, 5) is 23.9. The Morgan fingerprint density at radius 1 is 1.00 bits per heavy atom. The first-order valence-electron chi connectivity index (χ1n) is 6.38. The van der Waals surface area contributed by atoms with Gasteiger partial charge >= 0.3 is 11.9 Å². The van der Waals surface area contributed by atoms with Crippen LogP contribution in [0.4, 0.5) is 0 Å². The van der Waals surface area contributed by atoms with Crippen LogP contribution >= 0.6 is 0 Å². The maximum atomic E-state index is 12.0. The Labute approximate surface area is 112 Å². The Bertz CT molecular complexity index is 353. The van der Waals surface area contributed by atoms with E-state index in [9.17, 15) is 9.59 Å². The lowest BCUT2D eigenvalue weighted by molar-refractivity contribution is -0.160. The van der Waals surface area contributed by atoms with E-state index in [4.69, 9.17) is 14.2 Å². The zero-order chi connectivity index (χ0) is 13.8. The fourth-order valence-corrected chi connectivity index (χ4v) is 2.44. The standard InChI is InChI=1S/C14H18O5/c1-3-5-17-13(15)9-7-11-12(19-11)8-10(9)14(16)18-6-4-2/h3-4,9-12H,1-2,5-8H2/t9-,10+,11-,12+. The topological polar surface area (TPSA) is 65.1 Å². The molecule has 1 aliphatic carbocycles. The second-order valence-electron chi connectivity index (χ2n) is 4.73. The zero-order valence-corrected chi connectivity index (χ0v) is 10.7. The third kappa shape index (κ3) is 3.23. The smallest absolute Gasteiger partial charge is 0.310 e. The van der Waals surface area contributed by atoms with Gasteiger partial charge in [0.05, 0.1) is 24.0 Å². The number of esters is 2. The molecule has 2 rings (SSSR count). The molecule has 0 aromatic rings. The number of carbonyl (C=O) groups is 2. The summed E-state index contributed by atoms with van der Waals surface area (Å²) in [5.74, 6) is -1.73. The van der Waals surface area contributed by atoms with Crippen LogP contribution in [0, 0.1) is 11.8 Å². The maximum absolute atomic E-state index is 12.0. The molecule has 0 aromatic carbocycles. The Morgan fingerprint density at radius 2 is 1.42 bits per heavy atom. The quantitative estimate of drug-likeness (QED) is 0.411. The van der Waals surface area contributed by atoms with Gasteiger partial charge in [-0.3, -0.25) is 9.59 Å². The van der Waals surface area contributed by atoms with Crippen LogP contribution in [0.3, 0.4) is 0 Å². The van der Waals surface area contributed by atoms with Gasteiger partial charge in [-0.2, -0.15) is 0 Å². The highest BCUT2D eigenvalue weighted by Crippen LogP contribution is 2.43. The van der Waals surface area contributed by atoms with Gasteiger partial charge in [-0.15, -0.1) is 0 Å². The summed E-state index contributed by atoms with van der Waals surface area (Å²) in [6.45, 7) is 7.28. The van der Waals surface area contributed by atoms with Crippen LogP contribution < -0.4 is 0 Å². The number of ether oxygens (including phenoxy) is 3. The lowest BCUT2D eigenvalue weighted by Gasteiger charge is -2.25. The second kappa shape index (κ2) is 6.02. The summed E-state index contributed by atoms with van der Waals surface area (Å²) in [6, 6.07) is 0. The molecule has 0 bridgehead atoms. The zero-order valence-electron chi connectivity index (χ0n) is 10.7. The van der Waals surface area contributed by atoms with E-state index in [1.807, 2.05) is 0 Å². The number of fused-ring (bicyclic) bond motifs is 1. The van der Waals surface area contributed by atoms with Gasteiger partial charge in [-0.1, -0.05) is 25.3 Å².